The number of carbonyl (C=O) groups excluding carboxylic acids is 1. The van der Waals surface area contributed by atoms with Crippen LogP contribution in [-0.2, 0) is 22.5 Å². The zero-order valence-electron chi connectivity index (χ0n) is 20.7. The quantitative estimate of drug-likeness (QED) is 0.129. The minimum absolute atomic E-state index is 0.0310. The van der Waals surface area contributed by atoms with Gasteiger partial charge in [-0.1, -0.05) is 41.4 Å². The van der Waals surface area contributed by atoms with Crippen molar-refractivity contribution in [1.82, 2.24) is 4.57 Å². The van der Waals surface area contributed by atoms with E-state index >= 15 is 0 Å². The third kappa shape index (κ3) is 6.48. The molecule has 2 heterocycles. The van der Waals surface area contributed by atoms with E-state index < -0.39 is 31.0 Å². The van der Waals surface area contributed by atoms with Crippen LogP contribution in [0.2, 0.25) is 10.0 Å². The highest BCUT2D eigenvalue weighted by molar-refractivity contribution is 6.35. The van der Waals surface area contributed by atoms with Gasteiger partial charge in [0.15, 0.2) is 29.5 Å². The van der Waals surface area contributed by atoms with E-state index in [9.17, 15) is 23.6 Å². The van der Waals surface area contributed by atoms with Crippen molar-refractivity contribution in [1.29, 1.82) is 0 Å². The first-order valence-corrected chi connectivity index (χ1v) is 13.0. The van der Waals surface area contributed by atoms with Crippen molar-refractivity contribution in [2.24, 2.45) is 5.92 Å². The summed E-state index contributed by atoms with van der Waals surface area (Å²) in [7, 11) is 0. The van der Waals surface area contributed by atoms with Gasteiger partial charge in [-0.2, -0.15) is 13.5 Å². The van der Waals surface area contributed by atoms with E-state index in [4.69, 9.17) is 37.1 Å². The lowest BCUT2D eigenvalue weighted by molar-refractivity contribution is -0.605. The first kappa shape index (κ1) is 27.7. The first-order chi connectivity index (χ1) is 19.2. The van der Waals surface area contributed by atoms with Crippen molar-refractivity contribution < 1.29 is 36.9 Å². The summed E-state index contributed by atoms with van der Waals surface area (Å²) in [6.07, 6.45) is 2.99. The van der Waals surface area contributed by atoms with Crippen LogP contribution in [0.3, 0.4) is 0 Å². The van der Waals surface area contributed by atoms with Crippen molar-refractivity contribution >= 4 is 40.3 Å². The highest BCUT2D eigenvalue weighted by atomic mass is 35.5. The Morgan fingerprint density at radius 2 is 1.85 bits per heavy atom. The van der Waals surface area contributed by atoms with Crippen molar-refractivity contribution in [2.45, 2.75) is 38.5 Å². The molecular formula is C27H22Cl2F2N2O7. The fraction of sp³-hybridized carbons (Fsp3) is 0.296. The molecule has 2 aromatic carbocycles. The topological polar surface area (TPSA) is 107 Å². The SMILES string of the molecule is O=C(Cn1c(=O)oc2ccccc21)OC(Cc1c(Cl)c[n+]([O-])cc1Cl)c1ccc(OC(F)F)c(OCC2CC2)c1. The summed E-state index contributed by atoms with van der Waals surface area (Å²) in [5.41, 5.74) is 1.38. The summed E-state index contributed by atoms with van der Waals surface area (Å²) in [6, 6.07) is 10.8. The maximum Gasteiger partial charge on any atom is 0.420 e. The van der Waals surface area contributed by atoms with Crippen molar-refractivity contribution in [2.75, 3.05) is 6.61 Å². The van der Waals surface area contributed by atoms with E-state index in [0.717, 1.165) is 29.8 Å². The molecule has 13 heteroatoms. The largest absolute Gasteiger partial charge is 0.619 e. The van der Waals surface area contributed by atoms with Gasteiger partial charge < -0.3 is 23.8 Å². The zero-order chi connectivity index (χ0) is 28.4. The van der Waals surface area contributed by atoms with E-state index in [1.165, 1.54) is 18.2 Å². The average molecular weight is 595 g/mol. The fourth-order valence-corrected chi connectivity index (χ4v) is 4.75. The maximum atomic E-state index is 13.1. The van der Waals surface area contributed by atoms with E-state index in [-0.39, 0.29) is 28.0 Å². The number of esters is 1. The molecule has 0 aliphatic heterocycles. The molecule has 0 saturated heterocycles. The predicted molar refractivity (Wildman–Crippen MR) is 140 cm³/mol. The summed E-state index contributed by atoms with van der Waals surface area (Å²) < 4.78 is 49.0. The van der Waals surface area contributed by atoms with Gasteiger partial charge in [0.2, 0.25) is 0 Å². The number of hydrogen-bond acceptors (Lipinski definition) is 7. The molecule has 5 rings (SSSR count). The molecule has 1 atom stereocenters. The van der Waals surface area contributed by atoms with E-state index in [1.54, 1.807) is 24.3 Å². The van der Waals surface area contributed by atoms with Gasteiger partial charge in [0.05, 0.1) is 12.1 Å². The van der Waals surface area contributed by atoms with E-state index in [0.29, 0.717) is 39.5 Å². The molecule has 0 bridgehead atoms. The lowest BCUT2D eigenvalue weighted by atomic mass is 10.0. The van der Waals surface area contributed by atoms with Crippen LogP contribution in [-0.4, -0.2) is 23.8 Å². The molecule has 0 N–H and O–H groups in total. The number of hydrogen-bond donors (Lipinski definition) is 0. The highest BCUT2D eigenvalue weighted by Crippen LogP contribution is 2.37. The molecule has 0 spiro atoms. The molecule has 2 aromatic heterocycles. The molecule has 0 radical (unpaired) electrons. The van der Waals surface area contributed by atoms with Gasteiger partial charge in [-0.25, -0.2) is 4.79 Å². The molecule has 1 fully saturated rings. The number of aromatic nitrogens is 2. The number of fused-ring (bicyclic) bond motifs is 1. The van der Waals surface area contributed by atoms with Gasteiger partial charge in [0.25, 0.3) is 0 Å². The second-order valence-corrected chi connectivity index (χ2v) is 10.1. The second-order valence-electron chi connectivity index (χ2n) is 9.24. The molecule has 40 heavy (non-hydrogen) atoms. The van der Waals surface area contributed by atoms with Crippen LogP contribution >= 0.6 is 23.2 Å². The summed E-state index contributed by atoms with van der Waals surface area (Å²) in [4.78, 5) is 25.5. The lowest BCUT2D eigenvalue weighted by Crippen LogP contribution is -2.26. The Balaban J connectivity index is 1.47. The van der Waals surface area contributed by atoms with Gasteiger partial charge >= 0.3 is 18.3 Å². The van der Waals surface area contributed by atoms with Crippen molar-refractivity contribution in [3.8, 4) is 11.5 Å². The summed E-state index contributed by atoms with van der Waals surface area (Å²) in [6.45, 7) is -3.24. The monoisotopic (exact) mass is 594 g/mol. The second kappa shape index (κ2) is 11.7. The van der Waals surface area contributed by atoms with E-state index in [2.05, 4.69) is 4.74 Å². The summed E-state index contributed by atoms with van der Waals surface area (Å²) >= 11 is 12.6. The number of rotatable bonds is 11. The standard InChI is InChI=1S/C27H22Cl2F2N2O7/c28-18-11-32(36)12-19(29)17(18)10-23(38-25(34)13-33-20-3-1-2-4-21(20)40-27(33)35)16-7-8-22(39-26(30)31)24(9-16)37-14-15-5-6-15/h1-4,7-9,11-12,15,23,26H,5-6,10,13-14H2. The van der Waals surface area contributed by atoms with Crippen LogP contribution < -0.4 is 20.0 Å². The smallest absolute Gasteiger partial charge is 0.420 e. The Morgan fingerprint density at radius 3 is 2.55 bits per heavy atom. The Hall–Kier alpha value is -3.83. The maximum absolute atomic E-state index is 13.1. The minimum atomic E-state index is -3.08. The van der Waals surface area contributed by atoms with Crippen molar-refractivity contribution in [3.05, 3.63) is 91.8 Å². The number of alkyl halides is 2. The number of nitrogens with zero attached hydrogens (tertiary/aromatic N) is 2. The minimum Gasteiger partial charge on any atom is -0.619 e. The molecular weight excluding hydrogens is 573 g/mol. The van der Waals surface area contributed by atoms with Gasteiger partial charge in [0.1, 0.15) is 22.7 Å². The fourth-order valence-electron chi connectivity index (χ4n) is 4.15. The lowest BCUT2D eigenvalue weighted by Gasteiger charge is -2.21. The summed E-state index contributed by atoms with van der Waals surface area (Å²) in [5, 5.41) is 11.8. The van der Waals surface area contributed by atoms with Crippen LogP contribution in [0.1, 0.15) is 30.1 Å². The van der Waals surface area contributed by atoms with Gasteiger partial charge in [-0.15, -0.1) is 0 Å². The molecule has 4 aromatic rings. The Bertz CT molecular complexity index is 1580. The van der Waals surface area contributed by atoms with Crippen molar-refractivity contribution in [3.63, 3.8) is 0 Å². The number of oxazole rings is 1. The van der Waals surface area contributed by atoms with Gasteiger partial charge in [-0.05, 0) is 48.6 Å². The van der Waals surface area contributed by atoms with Crippen LogP contribution in [0.5, 0.6) is 11.5 Å². The third-order valence-electron chi connectivity index (χ3n) is 6.31. The molecule has 9 nitrogen and oxygen atoms in total. The Labute approximate surface area is 236 Å². The molecule has 1 unspecified atom stereocenters. The molecule has 210 valence electrons. The van der Waals surface area contributed by atoms with Crippen LogP contribution in [0.25, 0.3) is 11.1 Å². The number of pyridine rings is 1. The number of ether oxygens (including phenoxy) is 3. The average Bonchev–Trinajstić information content (AvgIpc) is 3.67. The normalized spacial score (nSPS) is 13.9. The van der Waals surface area contributed by atoms with Crippen LogP contribution in [0.15, 0.2) is 64.1 Å². The van der Waals surface area contributed by atoms with Gasteiger partial charge in [-0.3, -0.25) is 9.36 Å². The molecule has 0 amide bonds. The number of halogens is 4. The third-order valence-corrected chi connectivity index (χ3v) is 6.96. The molecule has 1 aliphatic carbocycles. The summed E-state index contributed by atoms with van der Waals surface area (Å²) in [5.74, 6) is -1.35. The predicted octanol–water partition coefficient (Wildman–Crippen LogP) is 5.45. The molecule has 1 aliphatic rings. The number of carbonyl (C=O) groups is 1. The van der Waals surface area contributed by atoms with Crippen LogP contribution in [0, 0.1) is 11.1 Å². The van der Waals surface area contributed by atoms with Crippen LogP contribution in [0.4, 0.5) is 8.78 Å². The number of para-hydroxylation sites is 2. The molecule has 1 saturated carbocycles. The Kier molecular flexibility index (Phi) is 8.13. The number of benzene rings is 2. The Morgan fingerprint density at radius 1 is 1.12 bits per heavy atom. The van der Waals surface area contributed by atoms with E-state index in [1.807, 2.05) is 0 Å². The van der Waals surface area contributed by atoms with Gasteiger partial charge in [0, 0.05) is 12.0 Å². The first-order valence-electron chi connectivity index (χ1n) is 12.2. The highest BCUT2D eigenvalue weighted by Gasteiger charge is 2.27. The zero-order valence-corrected chi connectivity index (χ0v) is 22.2.